The second-order valence-corrected chi connectivity index (χ2v) is 7.26. The topological polar surface area (TPSA) is 57.5 Å². The monoisotopic (exact) mass is 343 g/mol. The fourth-order valence-electron chi connectivity index (χ4n) is 4.06. The summed E-state index contributed by atoms with van der Waals surface area (Å²) in [5.41, 5.74) is 5.54. The molecule has 1 atom stereocenters. The zero-order valence-electron chi connectivity index (χ0n) is 14.5. The van der Waals surface area contributed by atoms with Crippen LogP contribution >= 0.6 is 0 Å². The smallest absolute Gasteiger partial charge is 0.127 e. The highest BCUT2D eigenvalue weighted by Gasteiger charge is 2.30. The minimum Gasteiger partial charge on any atom is -0.411 e. The van der Waals surface area contributed by atoms with Gasteiger partial charge in [0.1, 0.15) is 5.82 Å². The molecule has 1 heterocycles. The van der Waals surface area contributed by atoms with Gasteiger partial charge < -0.3 is 10.5 Å². The predicted octanol–water partition coefficient (Wildman–Crippen LogP) is 4.92. The Bertz CT molecular complexity index is 1010. The Morgan fingerprint density at radius 3 is 2.73 bits per heavy atom. The van der Waals surface area contributed by atoms with Crippen LogP contribution in [-0.2, 0) is 6.42 Å². The highest BCUT2D eigenvalue weighted by molar-refractivity contribution is 6.12. The highest BCUT2D eigenvalue weighted by Crippen LogP contribution is 2.36. The van der Waals surface area contributed by atoms with Crippen LogP contribution in [0.25, 0.3) is 10.9 Å². The Morgan fingerprint density at radius 1 is 1.00 bits per heavy atom. The average Bonchev–Trinajstić information content (AvgIpc) is 3.44. The Kier molecular flexibility index (Phi) is 3.63. The Labute approximate surface area is 152 Å². The predicted molar refractivity (Wildman–Crippen MR) is 104 cm³/mol. The fourth-order valence-corrected chi connectivity index (χ4v) is 4.06. The lowest BCUT2D eigenvalue weighted by Gasteiger charge is -2.16. The first-order valence-electron chi connectivity index (χ1n) is 9.30. The van der Waals surface area contributed by atoms with Crippen molar-refractivity contribution in [3.05, 3.63) is 71.3 Å². The summed E-state index contributed by atoms with van der Waals surface area (Å²) in [4.78, 5) is 4.82. The molecule has 1 aromatic heterocycles. The van der Waals surface area contributed by atoms with Gasteiger partial charge in [-0.05, 0) is 55.0 Å². The van der Waals surface area contributed by atoms with Crippen molar-refractivity contribution in [2.24, 2.45) is 11.1 Å². The van der Waals surface area contributed by atoms with Gasteiger partial charge in [0.2, 0.25) is 0 Å². The summed E-state index contributed by atoms with van der Waals surface area (Å²) in [7, 11) is 0. The van der Waals surface area contributed by atoms with Crippen molar-refractivity contribution in [1.82, 2.24) is 4.98 Å². The first kappa shape index (κ1) is 15.4. The van der Waals surface area contributed by atoms with Gasteiger partial charge >= 0.3 is 0 Å². The third-order valence-corrected chi connectivity index (χ3v) is 5.53. The van der Waals surface area contributed by atoms with Crippen molar-refractivity contribution in [3.63, 3.8) is 0 Å². The zero-order chi connectivity index (χ0) is 17.5. The first-order valence-corrected chi connectivity index (χ1v) is 9.30. The number of hydrogen-bond donors (Lipinski definition) is 2. The van der Waals surface area contributed by atoms with Crippen LogP contribution in [0.1, 0.15) is 42.0 Å². The molecule has 3 aromatic rings. The van der Waals surface area contributed by atoms with Gasteiger partial charge in [-0.25, -0.2) is 4.98 Å². The van der Waals surface area contributed by atoms with Gasteiger partial charge in [-0.2, -0.15) is 0 Å². The van der Waals surface area contributed by atoms with Gasteiger partial charge in [0.05, 0.1) is 17.3 Å². The molecule has 130 valence electrons. The molecule has 0 unspecified atom stereocenters. The standard InChI is InChI=1S/C22H21N3O/c26-25-22(15-8-9-15)18-6-3-7-19-17(18)11-13-21(23-19)24-20-12-10-14-4-1-2-5-16(14)20/h1-7,11,13,15,20,26H,8-10,12H2,(H,23,24)/t20-/m1/s1. The van der Waals surface area contributed by atoms with Crippen molar-refractivity contribution in [2.75, 3.05) is 5.32 Å². The summed E-state index contributed by atoms with van der Waals surface area (Å²) in [5, 5.41) is 17.7. The Balaban J connectivity index is 1.48. The van der Waals surface area contributed by atoms with Crippen LogP contribution in [0, 0.1) is 5.92 Å². The third kappa shape index (κ3) is 2.62. The van der Waals surface area contributed by atoms with E-state index >= 15 is 0 Å². The number of aromatic nitrogens is 1. The first-order chi connectivity index (χ1) is 12.8. The fraction of sp³-hybridized carbons (Fsp3) is 0.273. The van der Waals surface area contributed by atoms with E-state index in [9.17, 15) is 5.21 Å². The van der Waals surface area contributed by atoms with Gasteiger partial charge in [0.25, 0.3) is 0 Å². The SMILES string of the molecule is ON=C(c1cccc2nc(N[C@@H]3CCc4ccccc43)ccc12)C1CC1. The number of aryl methyl sites for hydroxylation is 1. The second-order valence-electron chi connectivity index (χ2n) is 7.26. The molecule has 1 saturated carbocycles. The van der Waals surface area contributed by atoms with Crippen molar-refractivity contribution >= 4 is 22.4 Å². The minimum absolute atomic E-state index is 0.320. The third-order valence-electron chi connectivity index (χ3n) is 5.53. The minimum atomic E-state index is 0.320. The molecular weight excluding hydrogens is 322 g/mol. The normalized spacial score (nSPS) is 19.5. The molecule has 2 aliphatic carbocycles. The average molecular weight is 343 g/mol. The number of pyridine rings is 1. The summed E-state index contributed by atoms with van der Waals surface area (Å²) in [6.45, 7) is 0. The number of nitrogens with one attached hydrogen (secondary N) is 1. The van der Waals surface area contributed by atoms with Gasteiger partial charge in [-0.3, -0.25) is 0 Å². The van der Waals surface area contributed by atoms with Crippen LogP contribution in [0.5, 0.6) is 0 Å². The number of oxime groups is 1. The molecule has 2 aliphatic rings. The molecule has 1 fully saturated rings. The second kappa shape index (κ2) is 6.13. The van der Waals surface area contributed by atoms with E-state index in [0.717, 1.165) is 53.7 Å². The van der Waals surface area contributed by atoms with Crippen LogP contribution < -0.4 is 5.32 Å². The van der Waals surface area contributed by atoms with Crippen LogP contribution in [0.3, 0.4) is 0 Å². The molecular formula is C22H21N3O. The van der Waals surface area contributed by atoms with E-state index in [1.807, 2.05) is 24.3 Å². The summed E-state index contributed by atoms with van der Waals surface area (Å²) in [5.74, 6) is 1.28. The number of hydrogen-bond acceptors (Lipinski definition) is 4. The maximum Gasteiger partial charge on any atom is 0.127 e. The Hall–Kier alpha value is -2.88. The van der Waals surface area contributed by atoms with E-state index in [1.54, 1.807) is 0 Å². The maximum absolute atomic E-state index is 9.44. The number of nitrogens with zero attached hydrogens (tertiary/aromatic N) is 2. The van der Waals surface area contributed by atoms with Crippen molar-refractivity contribution in [3.8, 4) is 0 Å². The van der Waals surface area contributed by atoms with Crippen LogP contribution in [0.4, 0.5) is 5.82 Å². The molecule has 2 aromatic carbocycles. The van der Waals surface area contributed by atoms with Crippen molar-refractivity contribution in [2.45, 2.75) is 31.7 Å². The largest absolute Gasteiger partial charge is 0.411 e. The lowest BCUT2D eigenvalue weighted by molar-refractivity contribution is 0.317. The molecule has 0 aliphatic heterocycles. The molecule has 2 N–H and O–H groups in total. The van der Waals surface area contributed by atoms with Crippen LogP contribution in [-0.4, -0.2) is 15.9 Å². The number of benzene rings is 2. The lowest BCUT2D eigenvalue weighted by atomic mass is 10.0. The molecule has 4 heteroatoms. The van der Waals surface area contributed by atoms with Crippen LogP contribution in [0.15, 0.2) is 59.8 Å². The van der Waals surface area contributed by atoms with Crippen molar-refractivity contribution < 1.29 is 5.21 Å². The van der Waals surface area contributed by atoms with Crippen molar-refractivity contribution in [1.29, 1.82) is 0 Å². The summed E-state index contributed by atoms with van der Waals surface area (Å²) < 4.78 is 0. The number of rotatable bonds is 4. The summed E-state index contributed by atoms with van der Waals surface area (Å²) >= 11 is 0. The maximum atomic E-state index is 9.44. The van der Waals surface area contributed by atoms with E-state index in [4.69, 9.17) is 4.98 Å². The summed E-state index contributed by atoms with van der Waals surface area (Å²) in [6.07, 6.45) is 4.42. The van der Waals surface area contributed by atoms with Gasteiger partial charge in [-0.15, -0.1) is 0 Å². The molecule has 5 rings (SSSR count). The van der Waals surface area contributed by atoms with Crippen LogP contribution in [0.2, 0.25) is 0 Å². The summed E-state index contributed by atoms with van der Waals surface area (Å²) in [6, 6.07) is 19.1. The van der Waals surface area contributed by atoms with Gasteiger partial charge in [-0.1, -0.05) is 41.6 Å². The van der Waals surface area contributed by atoms with Gasteiger partial charge in [0, 0.05) is 16.9 Å². The molecule has 0 spiro atoms. The Morgan fingerprint density at radius 2 is 1.88 bits per heavy atom. The van der Waals surface area contributed by atoms with E-state index in [-0.39, 0.29) is 0 Å². The zero-order valence-corrected chi connectivity index (χ0v) is 14.5. The van der Waals surface area contributed by atoms with E-state index in [0.29, 0.717) is 12.0 Å². The van der Waals surface area contributed by atoms with E-state index < -0.39 is 0 Å². The number of anilines is 1. The molecule has 0 amide bonds. The molecule has 26 heavy (non-hydrogen) atoms. The molecule has 0 radical (unpaired) electrons. The quantitative estimate of drug-likeness (QED) is 0.401. The highest BCUT2D eigenvalue weighted by atomic mass is 16.4. The molecule has 0 saturated heterocycles. The molecule has 4 nitrogen and oxygen atoms in total. The lowest BCUT2D eigenvalue weighted by Crippen LogP contribution is -2.09. The molecule has 0 bridgehead atoms. The van der Waals surface area contributed by atoms with E-state index in [1.165, 1.54) is 11.1 Å². The van der Waals surface area contributed by atoms with Gasteiger partial charge in [0.15, 0.2) is 0 Å². The van der Waals surface area contributed by atoms with E-state index in [2.05, 4.69) is 40.8 Å². The number of fused-ring (bicyclic) bond motifs is 2.